The summed E-state index contributed by atoms with van der Waals surface area (Å²) in [5.74, 6) is -2.77. The van der Waals surface area contributed by atoms with E-state index in [-0.39, 0.29) is 16.7 Å². The molecule has 0 saturated heterocycles. The number of hydrogen-bond acceptors (Lipinski definition) is 5. The highest BCUT2D eigenvalue weighted by atomic mass is 35.5. The average molecular weight is 389 g/mol. The Morgan fingerprint density at radius 2 is 1.81 bits per heavy atom. The lowest BCUT2D eigenvalue weighted by molar-refractivity contribution is -0.144. The number of halogens is 1. The van der Waals surface area contributed by atoms with E-state index in [9.17, 15) is 19.5 Å². The summed E-state index contributed by atoms with van der Waals surface area (Å²) in [4.78, 5) is 35.3. The first kappa shape index (κ1) is 18.4. The van der Waals surface area contributed by atoms with E-state index >= 15 is 0 Å². The van der Waals surface area contributed by atoms with Crippen LogP contribution < -0.4 is 10.2 Å². The number of benzene rings is 2. The molecule has 1 unspecified atom stereocenters. The lowest BCUT2D eigenvalue weighted by Gasteiger charge is -2.15. The van der Waals surface area contributed by atoms with Crippen molar-refractivity contribution in [2.45, 2.75) is 13.0 Å². The normalized spacial score (nSPS) is 11.9. The van der Waals surface area contributed by atoms with Crippen molar-refractivity contribution in [1.29, 1.82) is 0 Å². The number of ether oxygens (including phenoxy) is 1. The van der Waals surface area contributed by atoms with Crippen LogP contribution in [0, 0.1) is 0 Å². The molecule has 138 valence electrons. The molecule has 8 nitrogen and oxygen atoms in total. The molecular weight excluding hydrogens is 376 g/mol. The zero-order valence-corrected chi connectivity index (χ0v) is 14.7. The number of hydrogen-bond donors (Lipinski definition) is 2. The minimum Gasteiger partial charge on any atom is -0.479 e. The quantitative estimate of drug-likeness (QED) is 0.689. The second kappa shape index (κ2) is 7.08. The number of fused-ring (bicyclic) bond motifs is 1. The van der Waals surface area contributed by atoms with Crippen LogP contribution in [0.4, 0.5) is 0 Å². The highest BCUT2D eigenvalue weighted by Crippen LogP contribution is 2.26. The molecule has 27 heavy (non-hydrogen) atoms. The molecule has 0 aliphatic heterocycles. The van der Waals surface area contributed by atoms with E-state index in [1.807, 2.05) is 0 Å². The molecule has 1 aromatic heterocycles. The third-order valence-electron chi connectivity index (χ3n) is 3.80. The van der Waals surface area contributed by atoms with Crippen molar-refractivity contribution in [3.05, 3.63) is 63.4 Å². The van der Waals surface area contributed by atoms with Gasteiger partial charge in [0.15, 0.2) is 6.10 Å². The summed E-state index contributed by atoms with van der Waals surface area (Å²) in [7, 11) is 0. The fourth-order valence-corrected chi connectivity index (χ4v) is 2.63. The smallest absolute Gasteiger partial charge is 0.360 e. The Morgan fingerprint density at radius 3 is 2.41 bits per heavy atom. The number of rotatable bonds is 5. The van der Waals surface area contributed by atoms with Gasteiger partial charge in [-0.15, -0.1) is 0 Å². The number of nitrogens with zero attached hydrogens (tertiary/aromatic N) is 2. The summed E-state index contributed by atoms with van der Waals surface area (Å²) >= 11 is 5.89. The molecule has 1 heterocycles. The standard InChI is InChI=1S/C18H13ClN2O6/c1-9(17(23)24)27-13-4-2-3-12-14(13)16(22)15(18(25)26)20-21(12)11-7-5-10(19)6-8-11/h2-9H,1H3,(H,23,24)(H,25,26). The van der Waals surface area contributed by atoms with Crippen LogP contribution in [0.15, 0.2) is 47.3 Å². The molecule has 3 rings (SSSR count). The van der Waals surface area contributed by atoms with Gasteiger partial charge in [0.1, 0.15) is 5.75 Å². The second-order valence-electron chi connectivity index (χ2n) is 5.62. The van der Waals surface area contributed by atoms with E-state index in [1.165, 1.54) is 17.7 Å². The maximum atomic E-state index is 12.7. The van der Waals surface area contributed by atoms with Crippen molar-refractivity contribution in [3.63, 3.8) is 0 Å². The van der Waals surface area contributed by atoms with Crippen molar-refractivity contribution in [3.8, 4) is 11.4 Å². The SMILES string of the molecule is CC(Oc1cccc2c1c(=O)c(C(=O)O)nn2-c1ccc(Cl)cc1)C(=O)O. The van der Waals surface area contributed by atoms with Crippen LogP contribution in [0.25, 0.3) is 16.6 Å². The Bertz CT molecular complexity index is 1110. The zero-order valence-electron chi connectivity index (χ0n) is 13.9. The van der Waals surface area contributed by atoms with Crippen molar-refractivity contribution in [2.24, 2.45) is 0 Å². The Kier molecular flexibility index (Phi) is 4.83. The maximum absolute atomic E-state index is 12.7. The van der Waals surface area contributed by atoms with Gasteiger partial charge in [-0.2, -0.15) is 5.10 Å². The van der Waals surface area contributed by atoms with E-state index < -0.39 is 29.2 Å². The van der Waals surface area contributed by atoms with E-state index in [1.54, 1.807) is 36.4 Å². The number of carbonyl (C=O) groups is 2. The Labute approximate surface area is 157 Å². The lowest BCUT2D eigenvalue weighted by Crippen LogP contribution is -2.26. The van der Waals surface area contributed by atoms with Crippen LogP contribution in [0.2, 0.25) is 5.02 Å². The predicted molar refractivity (Wildman–Crippen MR) is 97.0 cm³/mol. The van der Waals surface area contributed by atoms with Crippen LogP contribution >= 0.6 is 11.6 Å². The lowest BCUT2D eigenvalue weighted by atomic mass is 10.1. The molecule has 0 fully saturated rings. The average Bonchev–Trinajstić information content (AvgIpc) is 2.62. The second-order valence-corrected chi connectivity index (χ2v) is 6.06. The summed E-state index contributed by atoms with van der Waals surface area (Å²) in [6.45, 7) is 1.30. The molecule has 0 aliphatic carbocycles. The summed E-state index contributed by atoms with van der Waals surface area (Å²) in [6, 6.07) is 10.9. The van der Waals surface area contributed by atoms with E-state index in [4.69, 9.17) is 21.4 Å². The Hall–Kier alpha value is -3.39. The van der Waals surface area contributed by atoms with Crippen LogP contribution in [-0.4, -0.2) is 38.0 Å². The summed E-state index contributed by atoms with van der Waals surface area (Å²) in [5, 5.41) is 22.8. The molecule has 0 radical (unpaired) electrons. The van der Waals surface area contributed by atoms with E-state index in [2.05, 4.69) is 5.10 Å². The van der Waals surface area contributed by atoms with Gasteiger partial charge in [0.2, 0.25) is 11.1 Å². The summed E-state index contributed by atoms with van der Waals surface area (Å²) in [6.07, 6.45) is -1.24. The first-order chi connectivity index (χ1) is 12.8. The number of carboxylic acids is 2. The number of aromatic carboxylic acids is 1. The fraction of sp³-hybridized carbons (Fsp3) is 0.111. The van der Waals surface area contributed by atoms with Gasteiger partial charge in [-0.3, -0.25) is 4.79 Å². The van der Waals surface area contributed by atoms with E-state index in [0.717, 1.165) is 0 Å². The molecule has 0 bridgehead atoms. The third-order valence-corrected chi connectivity index (χ3v) is 4.05. The van der Waals surface area contributed by atoms with Crippen LogP contribution in [0.5, 0.6) is 5.75 Å². The zero-order chi connectivity index (χ0) is 19.7. The molecule has 2 aromatic carbocycles. The highest BCUT2D eigenvalue weighted by Gasteiger charge is 2.22. The molecule has 0 amide bonds. The van der Waals surface area contributed by atoms with Crippen molar-refractivity contribution < 1.29 is 24.5 Å². The number of aliphatic carboxylic acids is 1. The molecule has 2 N–H and O–H groups in total. The first-order valence-electron chi connectivity index (χ1n) is 7.74. The van der Waals surface area contributed by atoms with Gasteiger partial charge >= 0.3 is 11.9 Å². The van der Waals surface area contributed by atoms with Crippen LogP contribution in [0.3, 0.4) is 0 Å². The minimum atomic E-state index is -1.51. The summed E-state index contributed by atoms with van der Waals surface area (Å²) in [5.41, 5.74) is -0.842. The monoisotopic (exact) mass is 388 g/mol. The number of aromatic nitrogens is 2. The van der Waals surface area contributed by atoms with Gasteiger partial charge in [-0.1, -0.05) is 17.7 Å². The predicted octanol–water partition coefficient (Wildman–Crippen LogP) is 2.59. The fourth-order valence-electron chi connectivity index (χ4n) is 2.50. The molecule has 0 saturated carbocycles. The first-order valence-corrected chi connectivity index (χ1v) is 8.12. The van der Waals surface area contributed by atoms with Crippen molar-refractivity contribution in [2.75, 3.05) is 0 Å². The van der Waals surface area contributed by atoms with Crippen LogP contribution in [-0.2, 0) is 4.79 Å². The molecular formula is C18H13ClN2O6. The van der Waals surface area contributed by atoms with E-state index in [0.29, 0.717) is 10.7 Å². The van der Waals surface area contributed by atoms with Gasteiger partial charge in [0.25, 0.3) is 0 Å². The van der Waals surface area contributed by atoms with Crippen molar-refractivity contribution in [1.82, 2.24) is 9.78 Å². The summed E-state index contributed by atoms with van der Waals surface area (Å²) < 4.78 is 6.63. The largest absolute Gasteiger partial charge is 0.479 e. The minimum absolute atomic E-state index is 0.0417. The Balaban J connectivity index is 2.35. The molecule has 1 atom stereocenters. The van der Waals surface area contributed by atoms with Crippen LogP contribution in [0.1, 0.15) is 17.4 Å². The van der Waals surface area contributed by atoms with Gasteiger partial charge < -0.3 is 14.9 Å². The van der Waals surface area contributed by atoms with Gasteiger partial charge in [0.05, 0.1) is 16.6 Å². The van der Waals surface area contributed by atoms with Gasteiger partial charge in [-0.25, -0.2) is 14.3 Å². The Morgan fingerprint density at radius 1 is 1.15 bits per heavy atom. The maximum Gasteiger partial charge on any atom is 0.360 e. The number of carboxylic acid groups (broad SMARTS) is 2. The molecule has 0 aliphatic rings. The topological polar surface area (TPSA) is 119 Å². The van der Waals surface area contributed by atoms with Gasteiger partial charge in [-0.05, 0) is 43.3 Å². The van der Waals surface area contributed by atoms with Crippen molar-refractivity contribution >= 4 is 34.4 Å². The van der Waals surface area contributed by atoms with Gasteiger partial charge in [0, 0.05) is 5.02 Å². The molecule has 3 aromatic rings. The highest BCUT2D eigenvalue weighted by molar-refractivity contribution is 6.30. The molecule has 0 spiro atoms. The molecule has 9 heteroatoms. The third kappa shape index (κ3) is 3.47.